The minimum Gasteiger partial charge on any atom is -0.329 e. The van der Waals surface area contributed by atoms with Crippen LogP contribution in [0.2, 0.25) is 0 Å². The van der Waals surface area contributed by atoms with Crippen LogP contribution in [0.3, 0.4) is 0 Å². The quantitative estimate of drug-likeness (QED) is 0.550. The second kappa shape index (κ2) is 6.33. The normalized spacial score (nSPS) is 18.5. The first kappa shape index (κ1) is 12.8. The van der Waals surface area contributed by atoms with Crippen molar-refractivity contribution >= 4 is 17.0 Å². The van der Waals surface area contributed by atoms with Crippen LogP contribution in [-0.4, -0.2) is 47.4 Å². The van der Waals surface area contributed by atoms with Crippen molar-refractivity contribution in [2.45, 2.75) is 39.2 Å². The third kappa shape index (κ3) is 3.65. The fourth-order valence-corrected chi connectivity index (χ4v) is 2.46. The van der Waals surface area contributed by atoms with Crippen LogP contribution in [-0.2, 0) is 0 Å². The lowest BCUT2D eigenvalue weighted by Gasteiger charge is -2.37. The lowest BCUT2D eigenvalue weighted by atomic mass is 10.0. The Labute approximate surface area is 97.4 Å². The second-order valence-electron chi connectivity index (χ2n) is 4.10. The molecule has 0 N–H and O–H groups in total. The van der Waals surface area contributed by atoms with E-state index >= 15 is 0 Å². The van der Waals surface area contributed by atoms with Gasteiger partial charge in [-0.15, -0.1) is 0 Å². The number of carbonyl (C=O) groups excluding carboxylic acids is 1. The van der Waals surface area contributed by atoms with Crippen molar-refractivity contribution in [2.75, 3.05) is 26.2 Å². The highest BCUT2D eigenvalue weighted by atomic mass is 35.5. The fourth-order valence-electron chi connectivity index (χ4n) is 2.29. The summed E-state index contributed by atoms with van der Waals surface area (Å²) in [6, 6.07) is 0.641. The molecule has 4 heteroatoms. The molecule has 0 saturated carbocycles. The van der Waals surface area contributed by atoms with E-state index in [1.807, 2.05) is 0 Å². The molecule has 1 rings (SSSR count). The molecule has 0 bridgehead atoms. The van der Waals surface area contributed by atoms with E-state index in [9.17, 15) is 4.79 Å². The van der Waals surface area contributed by atoms with Crippen LogP contribution >= 0.6 is 11.6 Å². The van der Waals surface area contributed by atoms with Crippen LogP contribution < -0.4 is 0 Å². The molecule has 0 spiro atoms. The largest absolute Gasteiger partial charge is 0.329 e. The average Bonchev–Trinajstić information content (AvgIpc) is 2.26. The van der Waals surface area contributed by atoms with Crippen LogP contribution in [0.1, 0.15) is 33.1 Å². The molecule has 0 aromatic carbocycles. The van der Waals surface area contributed by atoms with Crippen LogP contribution in [0, 0.1) is 0 Å². The first-order valence-electron chi connectivity index (χ1n) is 5.87. The van der Waals surface area contributed by atoms with Gasteiger partial charge in [0.25, 0.3) is 0 Å². The smallest absolute Gasteiger partial charge is 0.316 e. The zero-order chi connectivity index (χ0) is 11.3. The number of carbonyl (C=O) groups is 1. The van der Waals surface area contributed by atoms with Crippen LogP contribution in [0.4, 0.5) is 4.79 Å². The SMILES string of the molecule is CCCN(CC)C1CCN(C(=O)Cl)CC1. The Balaban J connectivity index is 2.38. The summed E-state index contributed by atoms with van der Waals surface area (Å²) in [4.78, 5) is 15.2. The summed E-state index contributed by atoms with van der Waals surface area (Å²) in [7, 11) is 0. The van der Waals surface area contributed by atoms with Gasteiger partial charge in [-0.2, -0.15) is 0 Å². The van der Waals surface area contributed by atoms with E-state index in [0.717, 1.165) is 39.0 Å². The third-order valence-corrected chi connectivity index (χ3v) is 3.39. The van der Waals surface area contributed by atoms with Gasteiger partial charge in [-0.3, -0.25) is 4.79 Å². The van der Waals surface area contributed by atoms with Gasteiger partial charge in [-0.1, -0.05) is 13.8 Å². The van der Waals surface area contributed by atoms with Crippen molar-refractivity contribution in [3.63, 3.8) is 0 Å². The number of hydrogen-bond donors (Lipinski definition) is 0. The maximum Gasteiger partial charge on any atom is 0.316 e. The Hall–Kier alpha value is -0.280. The van der Waals surface area contributed by atoms with Crippen molar-refractivity contribution in [1.82, 2.24) is 9.80 Å². The van der Waals surface area contributed by atoms with E-state index in [-0.39, 0.29) is 5.37 Å². The van der Waals surface area contributed by atoms with Crippen LogP contribution in [0.5, 0.6) is 0 Å². The van der Waals surface area contributed by atoms with Crippen molar-refractivity contribution in [3.05, 3.63) is 0 Å². The zero-order valence-electron chi connectivity index (χ0n) is 9.71. The van der Waals surface area contributed by atoms with Gasteiger partial charge in [0.05, 0.1) is 0 Å². The van der Waals surface area contributed by atoms with E-state index in [1.165, 1.54) is 6.42 Å². The number of halogens is 1. The Kier molecular flexibility index (Phi) is 5.40. The number of rotatable bonds is 4. The minimum absolute atomic E-state index is 0.299. The van der Waals surface area contributed by atoms with Crippen molar-refractivity contribution in [1.29, 1.82) is 0 Å². The molecule has 1 fully saturated rings. The van der Waals surface area contributed by atoms with Gasteiger partial charge in [-0.25, -0.2) is 0 Å². The number of nitrogens with zero attached hydrogens (tertiary/aromatic N) is 2. The maximum absolute atomic E-state index is 10.9. The lowest BCUT2D eigenvalue weighted by Crippen LogP contribution is -2.45. The predicted molar refractivity (Wildman–Crippen MR) is 63.4 cm³/mol. The Morgan fingerprint density at radius 2 is 2.00 bits per heavy atom. The van der Waals surface area contributed by atoms with E-state index in [0.29, 0.717) is 6.04 Å². The van der Waals surface area contributed by atoms with E-state index in [2.05, 4.69) is 18.7 Å². The maximum atomic E-state index is 10.9. The monoisotopic (exact) mass is 232 g/mol. The van der Waals surface area contributed by atoms with Gasteiger partial charge in [0.2, 0.25) is 0 Å². The Morgan fingerprint density at radius 3 is 2.40 bits per heavy atom. The third-order valence-electron chi connectivity index (χ3n) is 3.15. The van der Waals surface area contributed by atoms with Gasteiger partial charge in [0.1, 0.15) is 0 Å². The summed E-state index contributed by atoms with van der Waals surface area (Å²) in [5.41, 5.74) is 0. The standard InChI is InChI=1S/C11H21ClN2O/c1-3-7-13(4-2)10-5-8-14(9-6-10)11(12)15/h10H,3-9H2,1-2H3. The van der Waals surface area contributed by atoms with Gasteiger partial charge >= 0.3 is 5.37 Å². The lowest BCUT2D eigenvalue weighted by molar-refractivity contribution is 0.129. The first-order chi connectivity index (χ1) is 7.19. The molecule has 88 valence electrons. The highest BCUT2D eigenvalue weighted by Gasteiger charge is 2.24. The molecule has 1 amide bonds. The molecular formula is C11H21ClN2O. The highest BCUT2D eigenvalue weighted by Crippen LogP contribution is 2.17. The molecule has 0 radical (unpaired) electrons. The van der Waals surface area contributed by atoms with Gasteiger partial charge in [0, 0.05) is 19.1 Å². The van der Waals surface area contributed by atoms with E-state index in [1.54, 1.807) is 4.90 Å². The highest BCUT2D eigenvalue weighted by molar-refractivity contribution is 6.62. The Bertz CT molecular complexity index is 203. The Morgan fingerprint density at radius 1 is 1.40 bits per heavy atom. The molecule has 1 saturated heterocycles. The second-order valence-corrected chi connectivity index (χ2v) is 4.42. The van der Waals surface area contributed by atoms with Gasteiger partial charge < -0.3 is 9.80 Å². The molecule has 0 aliphatic carbocycles. The van der Waals surface area contributed by atoms with Crippen molar-refractivity contribution in [2.24, 2.45) is 0 Å². The molecule has 1 heterocycles. The molecule has 0 aromatic heterocycles. The summed E-state index contributed by atoms with van der Waals surface area (Å²) in [5.74, 6) is 0. The summed E-state index contributed by atoms with van der Waals surface area (Å²) in [6.45, 7) is 8.30. The molecule has 0 aromatic rings. The molecule has 0 unspecified atom stereocenters. The first-order valence-corrected chi connectivity index (χ1v) is 6.25. The van der Waals surface area contributed by atoms with Crippen LogP contribution in [0.15, 0.2) is 0 Å². The zero-order valence-corrected chi connectivity index (χ0v) is 10.5. The van der Waals surface area contributed by atoms with Crippen LogP contribution in [0.25, 0.3) is 0 Å². The fraction of sp³-hybridized carbons (Fsp3) is 0.909. The predicted octanol–water partition coefficient (Wildman–Crippen LogP) is 2.54. The van der Waals surface area contributed by atoms with Gasteiger partial charge in [0.15, 0.2) is 0 Å². The van der Waals surface area contributed by atoms with Gasteiger partial charge in [-0.05, 0) is 44.0 Å². The molecule has 3 nitrogen and oxygen atoms in total. The van der Waals surface area contributed by atoms with E-state index in [4.69, 9.17) is 11.6 Å². The topological polar surface area (TPSA) is 23.6 Å². The summed E-state index contributed by atoms with van der Waals surface area (Å²) < 4.78 is 0. The molecule has 1 aliphatic heterocycles. The number of piperidine rings is 1. The number of likely N-dealkylation sites (tertiary alicyclic amines) is 1. The molecule has 0 atom stereocenters. The summed E-state index contributed by atoms with van der Waals surface area (Å²) >= 11 is 5.45. The average molecular weight is 233 g/mol. The van der Waals surface area contributed by atoms with Crippen molar-refractivity contribution in [3.8, 4) is 0 Å². The molecule has 15 heavy (non-hydrogen) atoms. The number of amides is 1. The number of hydrogen-bond acceptors (Lipinski definition) is 2. The summed E-state index contributed by atoms with van der Waals surface area (Å²) in [6.07, 6.45) is 3.32. The minimum atomic E-state index is -0.299. The van der Waals surface area contributed by atoms with Crippen molar-refractivity contribution < 1.29 is 4.79 Å². The molecule has 1 aliphatic rings. The van der Waals surface area contributed by atoms with E-state index < -0.39 is 0 Å². The molecular weight excluding hydrogens is 212 g/mol. The summed E-state index contributed by atoms with van der Waals surface area (Å²) in [5, 5.41) is -0.299.